The van der Waals surface area contributed by atoms with Crippen LogP contribution in [-0.4, -0.2) is 30.9 Å². The van der Waals surface area contributed by atoms with Crippen LogP contribution in [0.2, 0.25) is 0 Å². The molecule has 1 amide bonds. The van der Waals surface area contributed by atoms with Crippen LogP contribution in [0.15, 0.2) is 67.0 Å². The van der Waals surface area contributed by atoms with Crippen LogP contribution in [0.5, 0.6) is 0 Å². The van der Waals surface area contributed by atoms with Crippen LogP contribution < -0.4 is 11.1 Å². The predicted molar refractivity (Wildman–Crippen MR) is 101 cm³/mol. The van der Waals surface area contributed by atoms with E-state index >= 15 is 0 Å². The van der Waals surface area contributed by atoms with Gasteiger partial charge in [-0.3, -0.25) is 4.79 Å². The summed E-state index contributed by atoms with van der Waals surface area (Å²) in [5.74, 6) is 0.391. The second kappa shape index (κ2) is 7.12. The van der Waals surface area contributed by atoms with Gasteiger partial charge in [0.1, 0.15) is 17.2 Å². The molecule has 0 radical (unpaired) electrons. The summed E-state index contributed by atoms with van der Waals surface area (Å²) < 4.78 is 1.63. The summed E-state index contributed by atoms with van der Waals surface area (Å²) >= 11 is 0. The molecule has 0 aliphatic carbocycles. The fraction of sp³-hybridized carbons (Fsp3) is 0.0526. The summed E-state index contributed by atoms with van der Waals surface area (Å²) in [5, 5.41) is 10.9. The Morgan fingerprint density at radius 1 is 1.11 bits per heavy atom. The quantitative estimate of drug-likeness (QED) is 0.473. The summed E-state index contributed by atoms with van der Waals surface area (Å²) in [7, 11) is 0. The molecule has 4 rings (SSSR count). The van der Waals surface area contributed by atoms with Gasteiger partial charge in [0, 0.05) is 11.3 Å². The first kappa shape index (κ1) is 16.5. The second-order valence-corrected chi connectivity index (χ2v) is 5.94. The van der Waals surface area contributed by atoms with Crippen LogP contribution in [0.25, 0.3) is 17.1 Å². The van der Waals surface area contributed by atoms with Crippen LogP contribution >= 0.6 is 0 Å². The van der Waals surface area contributed by atoms with E-state index in [-0.39, 0.29) is 12.5 Å². The summed E-state index contributed by atoms with van der Waals surface area (Å²) in [6.07, 6.45) is 3.27. The smallest absolute Gasteiger partial charge is 0.269 e. The van der Waals surface area contributed by atoms with E-state index < -0.39 is 0 Å². The number of aromatic amines is 1. The maximum Gasteiger partial charge on any atom is 0.269 e. The number of nitrogen functional groups attached to an aromatic ring is 1. The number of aromatic nitrogens is 5. The lowest BCUT2D eigenvalue weighted by Crippen LogP contribution is -2.23. The number of hydrogen-bond acceptors (Lipinski definition) is 5. The van der Waals surface area contributed by atoms with Crippen LogP contribution in [0.3, 0.4) is 0 Å². The Morgan fingerprint density at radius 3 is 2.67 bits per heavy atom. The van der Waals surface area contributed by atoms with Crippen molar-refractivity contribution in [3.05, 3.63) is 78.4 Å². The van der Waals surface area contributed by atoms with E-state index in [0.29, 0.717) is 22.9 Å². The Balaban J connectivity index is 1.40. The molecule has 8 heteroatoms. The molecule has 4 aromatic rings. The number of anilines is 1. The SMILES string of the molecule is Nc1ccc(-n2cc(CNC(=O)c3cnc(-c4ccccc4)[nH]3)nn2)cc1. The lowest BCUT2D eigenvalue weighted by molar-refractivity contribution is 0.0946. The summed E-state index contributed by atoms with van der Waals surface area (Å²) in [6, 6.07) is 16.9. The number of carbonyl (C=O) groups is 1. The molecule has 27 heavy (non-hydrogen) atoms. The molecule has 0 bridgehead atoms. The van der Waals surface area contributed by atoms with Crippen molar-refractivity contribution in [2.75, 3.05) is 5.73 Å². The first-order valence-corrected chi connectivity index (χ1v) is 8.35. The highest BCUT2D eigenvalue weighted by Crippen LogP contribution is 2.15. The third-order valence-corrected chi connectivity index (χ3v) is 4.00. The molecule has 134 valence electrons. The minimum Gasteiger partial charge on any atom is -0.399 e. The average Bonchev–Trinajstić information content (AvgIpc) is 3.37. The molecular weight excluding hydrogens is 342 g/mol. The Bertz CT molecular complexity index is 1050. The van der Waals surface area contributed by atoms with Gasteiger partial charge >= 0.3 is 0 Å². The van der Waals surface area contributed by atoms with Gasteiger partial charge in [-0.1, -0.05) is 35.5 Å². The number of H-pyrrole nitrogens is 1. The van der Waals surface area contributed by atoms with Gasteiger partial charge in [0.15, 0.2) is 0 Å². The number of nitrogens with zero attached hydrogens (tertiary/aromatic N) is 4. The Hall–Kier alpha value is -3.94. The number of benzene rings is 2. The Labute approximate surface area is 155 Å². The van der Waals surface area contributed by atoms with E-state index in [1.54, 1.807) is 23.0 Å². The minimum absolute atomic E-state index is 0.257. The van der Waals surface area contributed by atoms with Crippen molar-refractivity contribution >= 4 is 11.6 Å². The van der Waals surface area contributed by atoms with Crippen molar-refractivity contribution in [1.29, 1.82) is 0 Å². The van der Waals surface area contributed by atoms with Gasteiger partial charge in [-0.25, -0.2) is 9.67 Å². The molecule has 2 heterocycles. The van der Waals surface area contributed by atoms with Crippen molar-refractivity contribution in [2.24, 2.45) is 0 Å². The van der Waals surface area contributed by atoms with Crippen LogP contribution in [-0.2, 0) is 6.54 Å². The van der Waals surface area contributed by atoms with Gasteiger partial charge in [-0.15, -0.1) is 5.10 Å². The number of rotatable bonds is 5. The number of hydrogen-bond donors (Lipinski definition) is 3. The molecule has 0 saturated heterocycles. The minimum atomic E-state index is -0.258. The molecule has 0 aliphatic rings. The lowest BCUT2D eigenvalue weighted by Gasteiger charge is -2.01. The zero-order chi connectivity index (χ0) is 18.6. The van der Waals surface area contributed by atoms with Crippen LogP contribution in [0.4, 0.5) is 5.69 Å². The van der Waals surface area contributed by atoms with Gasteiger partial charge in [0.2, 0.25) is 0 Å². The highest BCUT2D eigenvalue weighted by atomic mass is 16.1. The number of amides is 1. The maximum atomic E-state index is 12.3. The Kier molecular flexibility index (Phi) is 4.36. The molecule has 0 atom stereocenters. The van der Waals surface area contributed by atoms with Crippen LogP contribution in [0, 0.1) is 0 Å². The normalized spacial score (nSPS) is 10.7. The average molecular weight is 359 g/mol. The molecule has 0 saturated carbocycles. The third kappa shape index (κ3) is 3.69. The van der Waals surface area contributed by atoms with Gasteiger partial charge in [0.05, 0.1) is 24.6 Å². The molecule has 2 aromatic carbocycles. The van der Waals surface area contributed by atoms with Gasteiger partial charge in [0.25, 0.3) is 5.91 Å². The number of imidazole rings is 1. The highest BCUT2D eigenvalue weighted by Gasteiger charge is 2.11. The van der Waals surface area contributed by atoms with E-state index in [9.17, 15) is 4.79 Å². The maximum absolute atomic E-state index is 12.3. The third-order valence-electron chi connectivity index (χ3n) is 4.00. The van der Waals surface area contributed by atoms with Crippen LogP contribution in [0.1, 0.15) is 16.2 Å². The number of nitrogens with two attached hydrogens (primary N) is 1. The van der Waals surface area contributed by atoms with Crippen molar-refractivity contribution in [3.8, 4) is 17.1 Å². The Morgan fingerprint density at radius 2 is 1.89 bits per heavy atom. The second-order valence-electron chi connectivity index (χ2n) is 5.94. The molecule has 0 spiro atoms. The van der Waals surface area contributed by atoms with Gasteiger partial charge in [-0.2, -0.15) is 0 Å². The molecule has 0 aliphatic heterocycles. The first-order valence-electron chi connectivity index (χ1n) is 8.35. The van der Waals surface area contributed by atoms with Gasteiger partial charge in [-0.05, 0) is 24.3 Å². The number of nitrogens with one attached hydrogen (secondary N) is 2. The van der Waals surface area contributed by atoms with Crippen molar-refractivity contribution in [1.82, 2.24) is 30.3 Å². The summed E-state index contributed by atoms with van der Waals surface area (Å²) in [6.45, 7) is 0.257. The fourth-order valence-corrected chi connectivity index (χ4v) is 2.58. The summed E-state index contributed by atoms with van der Waals surface area (Å²) in [5.41, 5.74) is 9.16. The van der Waals surface area contributed by atoms with Gasteiger partial charge < -0.3 is 16.0 Å². The standard InChI is InChI=1S/C19H17N7O/c20-14-6-8-16(9-7-14)26-12-15(24-25-26)10-22-19(27)17-11-21-18(23-17)13-4-2-1-3-5-13/h1-9,11-12H,10,20H2,(H,21,23)(H,22,27). The monoisotopic (exact) mass is 359 g/mol. The van der Waals surface area contributed by atoms with Crippen molar-refractivity contribution < 1.29 is 4.79 Å². The molecule has 4 N–H and O–H groups in total. The molecule has 0 fully saturated rings. The number of carbonyl (C=O) groups excluding carboxylic acids is 1. The largest absolute Gasteiger partial charge is 0.399 e. The predicted octanol–water partition coefficient (Wildman–Crippen LogP) is 2.17. The topological polar surface area (TPSA) is 115 Å². The summed E-state index contributed by atoms with van der Waals surface area (Å²) in [4.78, 5) is 19.6. The van der Waals surface area contributed by atoms with Crippen molar-refractivity contribution in [2.45, 2.75) is 6.54 Å². The zero-order valence-corrected chi connectivity index (χ0v) is 14.3. The van der Waals surface area contributed by atoms with E-state index in [1.807, 2.05) is 42.5 Å². The molecule has 0 unspecified atom stereocenters. The molecule has 2 aromatic heterocycles. The van der Waals surface area contributed by atoms with E-state index in [0.717, 1.165) is 11.3 Å². The fourth-order valence-electron chi connectivity index (χ4n) is 2.58. The zero-order valence-electron chi connectivity index (χ0n) is 14.3. The van der Waals surface area contributed by atoms with E-state index in [1.165, 1.54) is 6.20 Å². The highest BCUT2D eigenvalue weighted by molar-refractivity contribution is 5.92. The first-order chi connectivity index (χ1) is 13.2. The molecular formula is C19H17N7O. The van der Waals surface area contributed by atoms with E-state index in [4.69, 9.17) is 5.73 Å². The lowest BCUT2D eigenvalue weighted by atomic mass is 10.2. The van der Waals surface area contributed by atoms with E-state index in [2.05, 4.69) is 25.6 Å². The molecule has 8 nitrogen and oxygen atoms in total. The van der Waals surface area contributed by atoms with Crippen molar-refractivity contribution in [3.63, 3.8) is 0 Å².